The van der Waals surface area contributed by atoms with E-state index in [9.17, 15) is 9.18 Å². The van der Waals surface area contributed by atoms with Crippen LogP contribution in [0.25, 0.3) is 5.82 Å². The molecule has 0 radical (unpaired) electrons. The molecule has 0 spiro atoms. The van der Waals surface area contributed by atoms with Crippen molar-refractivity contribution in [1.29, 1.82) is 0 Å². The van der Waals surface area contributed by atoms with E-state index in [4.69, 9.17) is 9.26 Å². The van der Waals surface area contributed by atoms with Gasteiger partial charge in [0.2, 0.25) is 0 Å². The SMILES string of the molecule is COc1ccc(NC(=O)c2cc(C)n(-c3cc(C)on3)c2C)cc1F. The minimum atomic E-state index is -0.538. The molecule has 0 aliphatic heterocycles. The van der Waals surface area contributed by atoms with Crippen molar-refractivity contribution in [2.24, 2.45) is 0 Å². The molecule has 0 aliphatic rings. The molecule has 2 aromatic heterocycles. The second kappa shape index (κ2) is 6.43. The summed E-state index contributed by atoms with van der Waals surface area (Å²) in [5.41, 5.74) is 2.40. The van der Waals surface area contributed by atoms with E-state index in [0.717, 1.165) is 11.4 Å². The van der Waals surface area contributed by atoms with E-state index in [-0.39, 0.29) is 11.7 Å². The quantitative estimate of drug-likeness (QED) is 0.782. The maximum atomic E-state index is 13.8. The van der Waals surface area contributed by atoms with Gasteiger partial charge in [-0.25, -0.2) is 4.39 Å². The topological polar surface area (TPSA) is 69.3 Å². The molecule has 2 heterocycles. The van der Waals surface area contributed by atoms with Crippen molar-refractivity contribution in [2.45, 2.75) is 20.8 Å². The van der Waals surface area contributed by atoms with E-state index in [2.05, 4.69) is 10.5 Å². The molecule has 0 atom stereocenters. The molecule has 25 heavy (non-hydrogen) atoms. The van der Waals surface area contributed by atoms with Crippen LogP contribution in [0.2, 0.25) is 0 Å². The number of ether oxygens (including phenoxy) is 1. The average molecular weight is 343 g/mol. The van der Waals surface area contributed by atoms with Gasteiger partial charge in [0, 0.05) is 29.2 Å². The molecule has 130 valence electrons. The smallest absolute Gasteiger partial charge is 0.257 e. The number of carbonyl (C=O) groups excluding carboxylic acids is 1. The van der Waals surface area contributed by atoms with Crippen LogP contribution in [0.3, 0.4) is 0 Å². The first kappa shape index (κ1) is 16.8. The number of nitrogens with zero attached hydrogens (tertiary/aromatic N) is 2. The third kappa shape index (κ3) is 3.13. The van der Waals surface area contributed by atoms with Crippen molar-refractivity contribution >= 4 is 11.6 Å². The molecule has 1 N–H and O–H groups in total. The van der Waals surface area contributed by atoms with E-state index in [1.807, 2.05) is 18.4 Å². The van der Waals surface area contributed by atoms with Crippen molar-refractivity contribution in [3.05, 3.63) is 58.9 Å². The lowest BCUT2D eigenvalue weighted by atomic mass is 10.2. The molecule has 3 aromatic rings. The van der Waals surface area contributed by atoms with E-state index in [1.165, 1.54) is 19.2 Å². The Bertz CT molecular complexity index is 943. The van der Waals surface area contributed by atoms with Crippen LogP contribution in [0.1, 0.15) is 27.5 Å². The Morgan fingerprint density at radius 1 is 1.24 bits per heavy atom. The number of benzene rings is 1. The monoisotopic (exact) mass is 343 g/mol. The molecule has 6 nitrogen and oxygen atoms in total. The van der Waals surface area contributed by atoms with Gasteiger partial charge in [-0.05, 0) is 39.0 Å². The predicted octanol–water partition coefficient (Wildman–Crippen LogP) is 3.79. The van der Waals surface area contributed by atoms with Gasteiger partial charge in [0.25, 0.3) is 5.91 Å². The fraction of sp³-hybridized carbons (Fsp3) is 0.222. The van der Waals surface area contributed by atoms with Crippen LogP contribution in [0, 0.1) is 26.6 Å². The molecule has 0 saturated carbocycles. The number of nitrogens with one attached hydrogen (secondary N) is 1. The Kier molecular flexibility index (Phi) is 4.31. The molecule has 3 rings (SSSR count). The summed E-state index contributed by atoms with van der Waals surface area (Å²) in [5.74, 6) is 0.551. The van der Waals surface area contributed by atoms with Crippen LogP contribution < -0.4 is 10.1 Å². The number of hydrogen-bond donors (Lipinski definition) is 1. The highest BCUT2D eigenvalue weighted by Crippen LogP contribution is 2.24. The number of carbonyl (C=O) groups is 1. The van der Waals surface area contributed by atoms with Gasteiger partial charge in [-0.3, -0.25) is 9.36 Å². The van der Waals surface area contributed by atoms with Crippen LogP contribution in [0.4, 0.5) is 10.1 Å². The summed E-state index contributed by atoms with van der Waals surface area (Å²) in [6.45, 7) is 5.50. The third-order valence-corrected chi connectivity index (χ3v) is 3.93. The van der Waals surface area contributed by atoms with Crippen molar-refractivity contribution in [3.8, 4) is 11.6 Å². The van der Waals surface area contributed by atoms with Gasteiger partial charge in [-0.15, -0.1) is 0 Å². The molecular weight excluding hydrogens is 325 g/mol. The fourth-order valence-electron chi connectivity index (χ4n) is 2.75. The van der Waals surface area contributed by atoms with Crippen LogP contribution in [-0.2, 0) is 0 Å². The van der Waals surface area contributed by atoms with Gasteiger partial charge in [0.1, 0.15) is 5.76 Å². The maximum Gasteiger partial charge on any atom is 0.257 e. The summed E-state index contributed by atoms with van der Waals surface area (Å²) < 4.78 is 25.6. The summed E-state index contributed by atoms with van der Waals surface area (Å²) in [7, 11) is 1.39. The maximum absolute atomic E-state index is 13.8. The fourth-order valence-corrected chi connectivity index (χ4v) is 2.75. The highest BCUT2D eigenvalue weighted by Gasteiger charge is 2.19. The first-order valence-electron chi connectivity index (χ1n) is 7.68. The number of methoxy groups -OCH3 is 1. The number of aromatic nitrogens is 2. The molecular formula is C18H18FN3O3. The van der Waals surface area contributed by atoms with Crippen LogP contribution >= 0.6 is 0 Å². The molecule has 0 unspecified atom stereocenters. The molecule has 0 fully saturated rings. The predicted molar refractivity (Wildman–Crippen MR) is 90.9 cm³/mol. The van der Waals surface area contributed by atoms with Gasteiger partial charge in [0.05, 0.1) is 12.7 Å². The van der Waals surface area contributed by atoms with Crippen molar-refractivity contribution in [2.75, 3.05) is 12.4 Å². The zero-order chi connectivity index (χ0) is 18.1. The average Bonchev–Trinajstić information content (AvgIpc) is 3.10. The Morgan fingerprint density at radius 2 is 2.00 bits per heavy atom. The summed E-state index contributed by atoms with van der Waals surface area (Å²) in [6.07, 6.45) is 0. The van der Waals surface area contributed by atoms with Gasteiger partial charge < -0.3 is 14.6 Å². The molecule has 1 aromatic carbocycles. The first-order valence-corrected chi connectivity index (χ1v) is 7.68. The van der Waals surface area contributed by atoms with Crippen molar-refractivity contribution < 1.29 is 18.4 Å². The van der Waals surface area contributed by atoms with E-state index in [1.54, 1.807) is 25.1 Å². The Balaban J connectivity index is 1.89. The minimum Gasteiger partial charge on any atom is -0.494 e. The van der Waals surface area contributed by atoms with Gasteiger partial charge in [-0.2, -0.15) is 0 Å². The molecule has 1 amide bonds. The number of hydrogen-bond acceptors (Lipinski definition) is 4. The number of amides is 1. The van der Waals surface area contributed by atoms with Crippen molar-refractivity contribution in [3.63, 3.8) is 0 Å². The molecule has 7 heteroatoms. The Labute approximate surface area is 144 Å². The van der Waals surface area contributed by atoms with Crippen LogP contribution in [0.15, 0.2) is 34.9 Å². The molecule has 0 saturated heterocycles. The van der Waals surface area contributed by atoms with Crippen molar-refractivity contribution in [1.82, 2.24) is 9.72 Å². The Hall–Kier alpha value is -3.09. The number of anilines is 1. The zero-order valence-corrected chi connectivity index (χ0v) is 14.4. The Morgan fingerprint density at radius 3 is 2.60 bits per heavy atom. The highest BCUT2D eigenvalue weighted by molar-refractivity contribution is 6.05. The summed E-state index contributed by atoms with van der Waals surface area (Å²) in [6, 6.07) is 7.82. The standard InChI is InChI=1S/C18H18FN3O3/c1-10-7-14(12(3)22(10)17-8-11(2)25-21-17)18(23)20-13-5-6-16(24-4)15(19)9-13/h5-9H,1-4H3,(H,20,23). The lowest BCUT2D eigenvalue weighted by Crippen LogP contribution is -2.13. The highest BCUT2D eigenvalue weighted by atomic mass is 19.1. The van der Waals surface area contributed by atoms with Crippen LogP contribution in [0.5, 0.6) is 5.75 Å². The van der Waals surface area contributed by atoms with Gasteiger partial charge in [0.15, 0.2) is 17.4 Å². The largest absolute Gasteiger partial charge is 0.494 e. The molecule has 0 bridgehead atoms. The summed E-state index contributed by atoms with van der Waals surface area (Å²) >= 11 is 0. The number of rotatable bonds is 4. The summed E-state index contributed by atoms with van der Waals surface area (Å²) in [4.78, 5) is 12.6. The van der Waals surface area contributed by atoms with E-state index >= 15 is 0 Å². The second-order valence-electron chi connectivity index (χ2n) is 5.72. The van der Waals surface area contributed by atoms with E-state index in [0.29, 0.717) is 22.8 Å². The van der Waals surface area contributed by atoms with Gasteiger partial charge in [-0.1, -0.05) is 5.16 Å². The lowest BCUT2D eigenvalue weighted by Gasteiger charge is -2.08. The van der Waals surface area contributed by atoms with E-state index < -0.39 is 5.82 Å². The van der Waals surface area contributed by atoms with Gasteiger partial charge >= 0.3 is 0 Å². The third-order valence-electron chi connectivity index (χ3n) is 3.93. The van der Waals surface area contributed by atoms with Crippen LogP contribution in [-0.4, -0.2) is 22.7 Å². The second-order valence-corrected chi connectivity index (χ2v) is 5.72. The lowest BCUT2D eigenvalue weighted by molar-refractivity contribution is 0.102. The summed E-state index contributed by atoms with van der Waals surface area (Å²) in [5, 5.41) is 6.68. The number of aryl methyl sites for hydroxylation is 2. The minimum absolute atomic E-state index is 0.123. The normalized spacial score (nSPS) is 10.8. The number of halogens is 1. The first-order chi connectivity index (χ1) is 11.9. The zero-order valence-electron chi connectivity index (χ0n) is 14.4. The molecule has 0 aliphatic carbocycles.